The predicted octanol–water partition coefficient (Wildman–Crippen LogP) is 3.19. The number of hydrogen-bond acceptors (Lipinski definition) is 2. The topological polar surface area (TPSA) is 21.3 Å². The van der Waals surface area contributed by atoms with E-state index in [1.54, 1.807) is 0 Å². The highest BCUT2D eigenvalue weighted by Crippen LogP contribution is 2.24. The normalized spacial score (nSPS) is 24.9. The third-order valence-electron chi connectivity index (χ3n) is 3.52. The molecule has 1 saturated heterocycles. The van der Waals surface area contributed by atoms with Crippen molar-refractivity contribution >= 4 is 0 Å². The van der Waals surface area contributed by atoms with Gasteiger partial charge < -0.3 is 10.1 Å². The average Bonchev–Trinajstić information content (AvgIpc) is 2.32. The Morgan fingerprint density at radius 2 is 2.18 bits per heavy atom. The first kappa shape index (κ1) is 12.4. The summed E-state index contributed by atoms with van der Waals surface area (Å²) < 4.78 is 6.12. The van der Waals surface area contributed by atoms with E-state index >= 15 is 0 Å². The van der Waals surface area contributed by atoms with Crippen LogP contribution in [-0.4, -0.2) is 19.2 Å². The molecule has 1 fully saturated rings. The van der Waals surface area contributed by atoms with Gasteiger partial charge in [0, 0.05) is 12.5 Å². The summed E-state index contributed by atoms with van der Waals surface area (Å²) in [6.07, 6.45) is 1.46. The second-order valence-electron chi connectivity index (χ2n) is 5.35. The molecule has 1 N–H and O–H groups in total. The quantitative estimate of drug-likeness (QED) is 0.865. The van der Waals surface area contributed by atoms with Crippen LogP contribution in [0.2, 0.25) is 0 Å². The summed E-state index contributed by atoms with van der Waals surface area (Å²) in [5.41, 5.74) is 1.35. The van der Waals surface area contributed by atoms with Crippen LogP contribution in [0.5, 0.6) is 5.75 Å². The van der Waals surface area contributed by atoms with Crippen molar-refractivity contribution in [3.05, 3.63) is 29.8 Å². The van der Waals surface area contributed by atoms with Gasteiger partial charge in [0.05, 0.1) is 0 Å². The van der Waals surface area contributed by atoms with E-state index in [-0.39, 0.29) is 0 Å². The minimum atomic E-state index is 0.360. The van der Waals surface area contributed by atoms with Crippen LogP contribution in [0.1, 0.15) is 38.7 Å². The lowest BCUT2D eigenvalue weighted by Crippen LogP contribution is -2.41. The van der Waals surface area contributed by atoms with Crippen LogP contribution in [0.3, 0.4) is 0 Å². The van der Waals surface area contributed by atoms with Crippen LogP contribution in [0.25, 0.3) is 0 Å². The van der Waals surface area contributed by atoms with E-state index in [0.29, 0.717) is 17.9 Å². The van der Waals surface area contributed by atoms with Crippen LogP contribution in [0.4, 0.5) is 0 Å². The fourth-order valence-electron chi connectivity index (χ4n) is 2.29. The lowest BCUT2D eigenvalue weighted by Gasteiger charge is -2.30. The lowest BCUT2D eigenvalue weighted by molar-refractivity contribution is 0.112. The molecule has 0 aromatic heterocycles. The molecule has 1 aromatic carbocycles. The van der Waals surface area contributed by atoms with Crippen molar-refractivity contribution in [1.29, 1.82) is 0 Å². The van der Waals surface area contributed by atoms with Gasteiger partial charge in [-0.25, -0.2) is 0 Å². The Balaban J connectivity index is 2.04. The molecule has 2 nitrogen and oxygen atoms in total. The van der Waals surface area contributed by atoms with E-state index < -0.39 is 0 Å². The van der Waals surface area contributed by atoms with Gasteiger partial charge in [-0.1, -0.05) is 32.9 Å². The van der Waals surface area contributed by atoms with Crippen molar-refractivity contribution in [1.82, 2.24) is 5.32 Å². The van der Waals surface area contributed by atoms with Crippen molar-refractivity contribution in [2.75, 3.05) is 13.1 Å². The van der Waals surface area contributed by atoms with Gasteiger partial charge in [-0.05, 0) is 36.6 Å². The van der Waals surface area contributed by atoms with Gasteiger partial charge >= 0.3 is 0 Å². The van der Waals surface area contributed by atoms with Gasteiger partial charge in [0.1, 0.15) is 11.9 Å². The zero-order valence-electron chi connectivity index (χ0n) is 11.1. The van der Waals surface area contributed by atoms with Crippen molar-refractivity contribution in [2.24, 2.45) is 5.92 Å². The van der Waals surface area contributed by atoms with Crippen molar-refractivity contribution in [3.63, 3.8) is 0 Å². The zero-order chi connectivity index (χ0) is 12.3. The Morgan fingerprint density at radius 1 is 1.35 bits per heavy atom. The minimum absolute atomic E-state index is 0.360. The van der Waals surface area contributed by atoms with E-state index in [4.69, 9.17) is 4.74 Å². The number of benzene rings is 1. The second kappa shape index (κ2) is 5.54. The maximum Gasteiger partial charge on any atom is 0.120 e. The van der Waals surface area contributed by atoms with E-state index in [1.165, 1.54) is 5.56 Å². The Hall–Kier alpha value is -1.02. The molecule has 1 heterocycles. The molecule has 0 amide bonds. The molecule has 2 rings (SSSR count). The predicted molar refractivity (Wildman–Crippen MR) is 71.6 cm³/mol. The smallest absolute Gasteiger partial charge is 0.120 e. The average molecular weight is 233 g/mol. The fourth-order valence-corrected chi connectivity index (χ4v) is 2.29. The highest BCUT2D eigenvalue weighted by atomic mass is 16.5. The van der Waals surface area contributed by atoms with Crippen LogP contribution >= 0.6 is 0 Å². The Morgan fingerprint density at radius 3 is 2.88 bits per heavy atom. The molecule has 0 radical (unpaired) electrons. The minimum Gasteiger partial charge on any atom is -0.490 e. The van der Waals surface area contributed by atoms with Gasteiger partial charge in [0.25, 0.3) is 0 Å². The third kappa shape index (κ3) is 3.22. The van der Waals surface area contributed by atoms with E-state index in [2.05, 4.69) is 50.4 Å². The van der Waals surface area contributed by atoms with Crippen molar-refractivity contribution in [3.8, 4) is 5.75 Å². The van der Waals surface area contributed by atoms with Crippen LogP contribution in [0.15, 0.2) is 24.3 Å². The summed E-state index contributed by atoms with van der Waals surface area (Å²) in [7, 11) is 0. The number of rotatable bonds is 3. The lowest BCUT2D eigenvalue weighted by atomic mass is 9.98. The number of ether oxygens (including phenoxy) is 1. The van der Waals surface area contributed by atoms with Crippen molar-refractivity contribution < 1.29 is 4.74 Å². The highest BCUT2D eigenvalue weighted by Gasteiger charge is 2.22. The van der Waals surface area contributed by atoms with Gasteiger partial charge in [0.2, 0.25) is 0 Å². The fraction of sp³-hybridized carbons (Fsp3) is 0.600. The van der Waals surface area contributed by atoms with E-state index in [9.17, 15) is 0 Å². The monoisotopic (exact) mass is 233 g/mol. The van der Waals surface area contributed by atoms with Gasteiger partial charge in [0.15, 0.2) is 0 Å². The molecule has 2 unspecified atom stereocenters. The molecule has 1 aliphatic heterocycles. The molecule has 0 spiro atoms. The maximum absolute atomic E-state index is 6.12. The molecular formula is C15H23NO. The van der Waals surface area contributed by atoms with Gasteiger partial charge in [-0.3, -0.25) is 0 Å². The summed E-state index contributed by atoms with van der Waals surface area (Å²) in [6.45, 7) is 8.81. The molecule has 0 saturated carbocycles. The van der Waals surface area contributed by atoms with Crippen molar-refractivity contribution in [2.45, 2.75) is 39.2 Å². The zero-order valence-corrected chi connectivity index (χ0v) is 11.1. The molecule has 0 bridgehead atoms. The maximum atomic E-state index is 6.12. The largest absolute Gasteiger partial charge is 0.490 e. The molecule has 1 aromatic rings. The summed E-state index contributed by atoms with van der Waals surface area (Å²) >= 11 is 0. The van der Waals surface area contributed by atoms with Gasteiger partial charge in [-0.2, -0.15) is 0 Å². The summed E-state index contributed by atoms with van der Waals surface area (Å²) in [5, 5.41) is 3.40. The molecule has 94 valence electrons. The Bertz CT molecular complexity index is 362. The number of nitrogens with one attached hydrogen (secondary N) is 1. The standard InChI is InChI=1S/C15H23NO/c1-11(2)13-5-4-6-14(9-13)17-15-7-8-16-10-12(15)3/h4-6,9,11-12,15-16H,7-8,10H2,1-3H3. The summed E-state index contributed by atoms with van der Waals surface area (Å²) in [4.78, 5) is 0. The third-order valence-corrected chi connectivity index (χ3v) is 3.52. The second-order valence-corrected chi connectivity index (χ2v) is 5.35. The Kier molecular flexibility index (Phi) is 4.06. The summed E-state index contributed by atoms with van der Waals surface area (Å²) in [5.74, 6) is 2.17. The van der Waals surface area contributed by atoms with Crippen LogP contribution in [0, 0.1) is 5.92 Å². The molecule has 0 aliphatic carbocycles. The first-order valence-corrected chi connectivity index (χ1v) is 6.64. The molecule has 2 heteroatoms. The first-order valence-electron chi connectivity index (χ1n) is 6.64. The highest BCUT2D eigenvalue weighted by molar-refractivity contribution is 5.30. The number of piperidine rings is 1. The first-order chi connectivity index (χ1) is 8.16. The molecule has 2 atom stereocenters. The van der Waals surface area contributed by atoms with Gasteiger partial charge in [-0.15, -0.1) is 0 Å². The van der Waals surface area contributed by atoms with Crippen LogP contribution in [-0.2, 0) is 0 Å². The molecule has 1 aliphatic rings. The Labute approximate surface area is 104 Å². The van der Waals surface area contributed by atoms with E-state index in [0.717, 1.165) is 25.3 Å². The molecular weight excluding hydrogens is 210 g/mol. The molecule has 17 heavy (non-hydrogen) atoms. The summed E-state index contributed by atoms with van der Waals surface area (Å²) in [6, 6.07) is 8.51. The SMILES string of the molecule is CC(C)c1cccc(OC2CCNCC2C)c1. The van der Waals surface area contributed by atoms with Crippen LogP contribution < -0.4 is 10.1 Å². The van der Waals surface area contributed by atoms with E-state index in [1.807, 2.05) is 0 Å². The number of hydrogen-bond donors (Lipinski definition) is 1.